The number of aryl methyl sites for hydroxylation is 3. The van der Waals surface area contributed by atoms with Gasteiger partial charge in [-0.2, -0.15) is 0 Å². The zero-order valence-electron chi connectivity index (χ0n) is 15.9. The molecule has 0 aliphatic heterocycles. The third kappa shape index (κ3) is 2.82. The number of fused-ring (bicyclic) bond motifs is 1. The monoisotopic (exact) mass is 443 g/mol. The van der Waals surface area contributed by atoms with E-state index in [0.29, 0.717) is 28.5 Å². The molecule has 0 spiro atoms. The molecule has 0 fully saturated rings. The first-order chi connectivity index (χ1) is 13.3. The van der Waals surface area contributed by atoms with Crippen molar-refractivity contribution in [2.45, 2.75) is 20.4 Å². The maximum atomic E-state index is 12.4. The summed E-state index contributed by atoms with van der Waals surface area (Å²) in [6.07, 6.45) is 1.58. The Labute approximate surface area is 168 Å². The van der Waals surface area contributed by atoms with Crippen LogP contribution in [0.5, 0.6) is 0 Å². The molecule has 0 amide bonds. The summed E-state index contributed by atoms with van der Waals surface area (Å²) in [5, 5.41) is 0. The lowest BCUT2D eigenvalue weighted by Crippen LogP contribution is -2.37. The molecule has 9 heteroatoms. The van der Waals surface area contributed by atoms with Crippen LogP contribution >= 0.6 is 15.9 Å². The Morgan fingerprint density at radius 2 is 1.86 bits per heavy atom. The van der Waals surface area contributed by atoms with Gasteiger partial charge in [0.25, 0.3) is 5.56 Å². The first-order valence-corrected chi connectivity index (χ1v) is 9.41. The lowest BCUT2D eigenvalue weighted by molar-refractivity contribution is 0.570. The smallest absolute Gasteiger partial charge is 0.332 e. The van der Waals surface area contributed by atoms with Gasteiger partial charge in [-0.1, -0.05) is 17.7 Å². The molecule has 1 aromatic carbocycles. The lowest BCUT2D eigenvalue weighted by Gasteiger charge is -2.08. The second-order valence-corrected chi connectivity index (χ2v) is 7.52. The molecular weight excluding hydrogens is 426 g/mol. The molecule has 0 aliphatic rings. The van der Waals surface area contributed by atoms with Crippen LogP contribution in [-0.2, 0) is 20.6 Å². The number of nitrogens with zero attached hydrogens (tertiary/aromatic N) is 5. The van der Waals surface area contributed by atoms with Crippen molar-refractivity contribution in [1.29, 1.82) is 0 Å². The van der Waals surface area contributed by atoms with Crippen LogP contribution in [-0.4, -0.2) is 23.7 Å². The van der Waals surface area contributed by atoms with Gasteiger partial charge < -0.3 is 4.42 Å². The molecular formula is C19H18BrN5O3. The third-order valence-electron chi connectivity index (χ3n) is 4.78. The maximum absolute atomic E-state index is 12.4. The molecule has 144 valence electrons. The van der Waals surface area contributed by atoms with Gasteiger partial charge >= 0.3 is 5.69 Å². The Kier molecular flexibility index (Phi) is 4.34. The van der Waals surface area contributed by atoms with Crippen molar-refractivity contribution in [3.05, 3.63) is 66.9 Å². The number of hydrogen-bond acceptors (Lipinski definition) is 5. The summed E-state index contributed by atoms with van der Waals surface area (Å²) in [4.78, 5) is 33.6. The predicted octanol–water partition coefficient (Wildman–Crippen LogP) is 2.52. The minimum atomic E-state index is -0.436. The zero-order valence-corrected chi connectivity index (χ0v) is 17.4. The molecule has 0 saturated carbocycles. The maximum Gasteiger partial charge on any atom is 0.332 e. The van der Waals surface area contributed by atoms with Crippen LogP contribution in [0.25, 0.3) is 22.6 Å². The van der Waals surface area contributed by atoms with Gasteiger partial charge in [0.2, 0.25) is 5.89 Å². The first-order valence-electron chi connectivity index (χ1n) is 8.61. The number of rotatable bonds is 3. The van der Waals surface area contributed by atoms with Crippen molar-refractivity contribution in [2.24, 2.45) is 14.1 Å². The van der Waals surface area contributed by atoms with Crippen LogP contribution in [0.2, 0.25) is 0 Å². The number of benzene rings is 1. The molecule has 0 bridgehead atoms. The van der Waals surface area contributed by atoms with Crippen LogP contribution in [0, 0.1) is 13.8 Å². The Balaban J connectivity index is 1.80. The van der Waals surface area contributed by atoms with E-state index in [1.54, 1.807) is 17.9 Å². The molecule has 0 N–H and O–H groups in total. The number of halogens is 1. The summed E-state index contributed by atoms with van der Waals surface area (Å²) in [7, 11) is 3.05. The van der Waals surface area contributed by atoms with Gasteiger partial charge in [0.1, 0.15) is 6.26 Å². The van der Waals surface area contributed by atoms with Crippen molar-refractivity contribution < 1.29 is 4.42 Å². The Morgan fingerprint density at radius 3 is 2.57 bits per heavy atom. The van der Waals surface area contributed by atoms with Crippen LogP contribution in [0.4, 0.5) is 0 Å². The van der Waals surface area contributed by atoms with Crippen LogP contribution in [0.15, 0.2) is 43.2 Å². The summed E-state index contributed by atoms with van der Waals surface area (Å²) in [6.45, 7) is 4.34. The van der Waals surface area contributed by atoms with Crippen LogP contribution in [0.1, 0.15) is 16.8 Å². The molecule has 0 atom stereocenters. The fourth-order valence-corrected chi connectivity index (χ4v) is 3.79. The summed E-state index contributed by atoms with van der Waals surface area (Å²) in [6, 6.07) is 6.07. The highest BCUT2D eigenvalue weighted by atomic mass is 79.9. The fraction of sp³-hybridized carbons (Fsp3) is 0.263. The van der Waals surface area contributed by atoms with Gasteiger partial charge in [0.15, 0.2) is 15.9 Å². The van der Waals surface area contributed by atoms with Gasteiger partial charge in [0, 0.05) is 19.7 Å². The van der Waals surface area contributed by atoms with Gasteiger partial charge in [-0.3, -0.25) is 18.5 Å². The summed E-state index contributed by atoms with van der Waals surface area (Å²) >= 11 is 3.39. The van der Waals surface area contributed by atoms with E-state index in [1.165, 1.54) is 17.2 Å². The minimum absolute atomic E-state index is 0.217. The minimum Gasteiger partial charge on any atom is -0.444 e. The van der Waals surface area contributed by atoms with E-state index in [4.69, 9.17) is 4.42 Å². The highest BCUT2D eigenvalue weighted by Crippen LogP contribution is 2.25. The Morgan fingerprint density at radius 1 is 1.11 bits per heavy atom. The van der Waals surface area contributed by atoms with E-state index in [2.05, 4.69) is 32.0 Å². The van der Waals surface area contributed by atoms with E-state index >= 15 is 0 Å². The van der Waals surface area contributed by atoms with Crippen LogP contribution in [0.3, 0.4) is 0 Å². The SMILES string of the molecule is Cc1ccc(-c2nc(Cn3c(Br)nc4c(=O)n(C)c(=O)n(C)c43)co2)c(C)c1. The third-order valence-corrected chi connectivity index (χ3v) is 5.38. The molecule has 0 saturated heterocycles. The number of imidazole rings is 1. The van der Waals surface area contributed by atoms with E-state index in [9.17, 15) is 9.59 Å². The van der Waals surface area contributed by atoms with Gasteiger partial charge in [0.05, 0.1) is 12.2 Å². The Hall–Kier alpha value is -2.94. The van der Waals surface area contributed by atoms with E-state index < -0.39 is 11.2 Å². The summed E-state index contributed by atoms with van der Waals surface area (Å²) < 4.78 is 10.3. The number of oxazole rings is 1. The largest absolute Gasteiger partial charge is 0.444 e. The molecule has 8 nitrogen and oxygen atoms in total. The molecule has 3 aromatic heterocycles. The number of hydrogen-bond donors (Lipinski definition) is 0. The highest BCUT2D eigenvalue weighted by Gasteiger charge is 2.19. The standard InChI is InChI=1S/C19H18BrN5O3/c1-10-5-6-13(11(2)7-10)15-21-12(9-28-15)8-25-16-14(22-18(25)20)17(26)24(4)19(27)23(16)3/h5-7,9H,8H2,1-4H3. The fourth-order valence-electron chi connectivity index (χ4n) is 3.32. The average molecular weight is 444 g/mol. The van der Waals surface area contributed by atoms with Gasteiger partial charge in [-0.15, -0.1) is 0 Å². The van der Waals surface area contributed by atoms with Crippen molar-refractivity contribution in [3.63, 3.8) is 0 Å². The average Bonchev–Trinajstić information content (AvgIpc) is 3.24. The van der Waals surface area contributed by atoms with E-state index in [0.717, 1.165) is 15.7 Å². The second kappa shape index (κ2) is 6.59. The van der Waals surface area contributed by atoms with Crippen molar-refractivity contribution in [1.82, 2.24) is 23.7 Å². The second-order valence-electron chi connectivity index (χ2n) is 6.81. The molecule has 0 unspecified atom stereocenters. The van der Waals surface area contributed by atoms with Crippen molar-refractivity contribution in [3.8, 4) is 11.5 Å². The molecule has 28 heavy (non-hydrogen) atoms. The normalized spacial score (nSPS) is 11.5. The van der Waals surface area contributed by atoms with E-state index in [1.807, 2.05) is 26.0 Å². The highest BCUT2D eigenvalue weighted by molar-refractivity contribution is 9.10. The predicted molar refractivity (Wildman–Crippen MR) is 108 cm³/mol. The van der Waals surface area contributed by atoms with Gasteiger partial charge in [-0.25, -0.2) is 14.8 Å². The zero-order chi connectivity index (χ0) is 20.2. The lowest BCUT2D eigenvalue weighted by atomic mass is 10.1. The van der Waals surface area contributed by atoms with E-state index in [-0.39, 0.29) is 5.52 Å². The quantitative estimate of drug-likeness (QED) is 0.454. The summed E-state index contributed by atoms with van der Waals surface area (Å²) in [5.41, 5.74) is 3.62. The number of aromatic nitrogens is 5. The molecule has 4 rings (SSSR count). The Bertz CT molecular complexity index is 1340. The van der Waals surface area contributed by atoms with Crippen LogP contribution < -0.4 is 11.2 Å². The first kappa shape index (κ1) is 18.4. The molecule has 3 heterocycles. The molecule has 0 radical (unpaired) electrons. The topological polar surface area (TPSA) is 87.9 Å². The van der Waals surface area contributed by atoms with Crippen molar-refractivity contribution in [2.75, 3.05) is 0 Å². The summed E-state index contributed by atoms with van der Waals surface area (Å²) in [5.74, 6) is 0.526. The van der Waals surface area contributed by atoms with Crippen molar-refractivity contribution >= 4 is 27.1 Å². The molecule has 4 aromatic rings. The van der Waals surface area contributed by atoms with Gasteiger partial charge in [-0.05, 0) is 41.4 Å². The molecule has 0 aliphatic carbocycles.